The fourth-order valence-corrected chi connectivity index (χ4v) is 0. The van der Waals surface area contributed by atoms with Gasteiger partial charge in [-0.05, 0) is 0 Å². The molecule has 0 N–H and O–H groups in total. The zero-order chi connectivity index (χ0) is 0. The van der Waals surface area contributed by atoms with Crippen LogP contribution < -0.4 is 80.9 Å². The van der Waals surface area contributed by atoms with Gasteiger partial charge in [0.1, 0.15) is 0 Å². The first-order valence-corrected chi connectivity index (χ1v) is 0. The summed E-state index contributed by atoms with van der Waals surface area (Å²) in [6.45, 7) is 0. The molecule has 4 heteroatoms. The molecule has 0 unspecified atom stereocenters. The minimum Gasteiger partial charge on any atom is 1.00 e. The molecule has 0 aromatic heterocycles. The van der Waals surface area contributed by atoms with Crippen molar-refractivity contribution in [2.45, 2.75) is 0 Å². The molecule has 0 aliphatic carbocycles. The molecule has 0 fully saturated rings. The van der Waals surface area contributed by atoms with Crippen molar-refractivity contribution >= 4 is 75.5 Å². The van der Waals surface area contributed by atoms with Gasteiger partial charge in [-0.15, -0.1) is 0 Å². The Hall–Kier alpha value is 5.16. The van der Waals surface area contributed by atoms with Crippen LogP contribution in [0.1, 0.15) is 0 Å². The van der Waals surface area contributed by atoms with Gasteiger partial charge in [0, 0.05) is 0 Å². The molecule has 0 aliphatic rings. The second kappa shape index (κ2) is 15.7. The summed E-state index contributed by atoms with van der Waals surface area (Å²) in [4.78, 5) is 0. The van der Waals surface area contributed by atoms with Gasteiger partial charge in [0.15, 0.2) is 0 Å². The molecule has 0 saturated heterocycles. The van der Waals surface area contributed by atoms with Crippen LogP contribution in [0.25, 0.3) is 0 Å². The molecule has 0 valence electrons. The van der Waals surface area contributed by atoms with Crippen molar-refractivity contribution in [3.8, 4) is 0 Å². The first-order valence-electron chi connectivity index (χ1n) is 0. The molecule has 0 nitrogen and oxygen atoms in total. The third-order valence-electron chi connectivity index (χ3n) is 0. The minimum atomic E-state index is 0. The molecule has 0 bridgehead atoms. The van der Waals surface area contributed by atoms with Crippen molar-refractivity contribution in [1.29, 1.82) is 0 Å². The van der Waals surface area contributed by atoms with Crippen molar-refractivity contribution < 1.29 is 80.9 Å². The van der Waals surface area contributed by atoms with E-state index in [9.17, 15) is 0 Å². The Morgan fingerprint density at radius 2 is 0.750 bits per heavy atom. The fraction of sp³-hybridized carbons (Fsp3) is 0. The smallest absolute Gasteiger partial charge is 1.00 e. The fourth-order valence-electron chi connectivity index (χ4n) is 0. The van der Waals surface area contributed by atoms with Crippen LogP contribution in [0.2, 0.25) is 0 Å². The van der Waals surface area contributed by atoms with Gasteiger partial charge in [-0.25, -0.2) is 0 Å². The molecule has 0 saturated carbocycles. The van der Waals surface area contributed by atoms with E-state index < -0.39 is 0 Å². The Labute approximate surface area is 151 Å². The zero-order valence-electron chi connectivity index (χ0n) is 3.41. The van der Waals surface area contributed by atoms with E-state index in [4.69, 9.17) is 0 Å². The molecule has 0 aromatic rings. The van der Waals surface area contributed by atoms with E-state index in [1.165, 1.54) is 0 Å². The van der Waals surface area contributed by atoms with Gasteiger partial charge in [0.2, 0.25) is 0 Å². The molecule has 0 spiro atoms. The topological polar surface area (TPSA) is 0 Å². The van der Waals surface area contributed by atoms with Crippen LogP contribution >= 0.6 is 0 Å². The van der Waals surface area contributed by atoms with Gasteiger partial charge in [-0.1, -0.05) is 0 Å². The molecule has 0 heterocycles. The molecule has 4 heavy (non-hydrogen) atoms. The van der Waals surface area contributed by atoms with E-state index in [2.05, 4.69) is 0 Å². The predicted octanol–water partition coefficient (Wildman–Crippen LogP) is -6.75. The average molecular weight is 142 g/mol. The molecule has 0 aromatic carbocycles. The van der Waals surface area contributed by atoms with Crippen molar-refractivity contribution in [3.05, 3.63) is 0 Å². The first-order chi connectivity index (χ1) is 0. The van der Waals surface area contributed by atoms with Gasteiger partial charge >= 0.3 is 156 Å². The summed E-state index contributed by atoms with van der Waals surface area (Å²) >= 11 is 0. The van der Waals surface area contributed by atoms with E-state index >= 15 is 0 Å². The molecular formula is Ca2KNa+6. The second-order valence-corrected chi connectivity index (χ2v) is 0. The van der Waals surface area contributed by atoms with Gasteiger partial charge in [-0.3, -0.25) is 0 Å². The summed E-state index contributed by atoms with van der Waals surface area (Å²) in [5.74, 6) is 0. The number of hydrogen-bond acceptors (Lipinski definition) is 0. The summed E-state index contributed by atoms with van der Waals surface area (Å²) < 4.78 is 0. The Bertz CT molecular complexity index is 6.00. The van der Waals surface area contributed by atoms with Gasteiger partial charge in [0.05, 0.1) is 0 Å². The third-order valence-corrected chi connectivity index (χ3v) is 0. The van der Waals surface area contributed by atoms with Crippen LogP contribution in [0.3, 0.4) is 0 Å². The molecular weight excluding hydrogens is 142 g/mol. The van der Waals surface area contributed by atoms with Crippen LogP contribution in [0.4, 0.5) is 0 Å². The van der Waals surface area contributed by atoms with Crippen molar-refractivity contribution in [1.82, 2.24) is 0 Å². The van der Waals surface area contributed by atoms with Crippen molar-refractivity contribution in [2.75, 3.05) is 0 Å². The Balaban J connectivity index is 0. The maximum Gasteiger partial charge on any atom is 2.00 e. The number of hydrogen-bond donors (Lipinski definition) is 0. The predicted molar refractivity (Wildman–Crippen MR) is 11.5 cm³/mol. The summed E-state index contributed by atoms with van der Waals surface area (Å²) in [6.07, 6.45) is 0. The summed E-state index contributed by atoms with van der Waals surface area (Å²) in [5.41, 5.74) is 0. The second-order valence-electron chi connectivity index (χ2n) is 0. The Kier molecular flexibility index (Phi) is 90.0. The number of rotatable bonds is 0. The van der Waals surface area contributed by atoms with Gasteiger partial charge in [-0.2, -0.15) is 0 Å². The average Bonchev–Trinajstić information content (AvgIpc) is 0. The Morgan fingerprint density at radius 1 is 0.750 bits per heavy atom. The van der Waals surface area contributed by atoms with E-state index in [-0.39, 0.29) is 156 Å². The van der Waals surface area contributed by atoms with Gasteiger partial charge in [0.25, 0.3) is 0 Å². The van der Waals surface area contributed by atoms with E-state index in [0.717, 1.165) is 0 Å². The van der Waals surface area contributed by atoms with Crippen LogP contribution in [-0.2, 0) is 0 Å². The molecule has 0 rings (SSSR count). The summed E-state index contributed by atoms with van der Waals surface area (Å²) in [5, 5.41) is 0. The minimum absolute atomic E-state index is 0. The van der Waals surface area contributed by atoms with Gasteiger partial charge < -0.3 is 0 Å². The maximum atomic E-state index is 0. The normalized spacial score (nSPS) is 0. The summed E-state index contributed by atoms with van der Waals surface area (Å²) in [7, 11) is 0. The SMILES string of the molecule is [Ca+2].[Ca+2].[K+].[Na+]. The van der Waals surface area contributed by atoms with Crippen LogP contribution in [0, 0.1) is 0 Å². The van der Waals surface area contributed by atoms with Crippen molar-refractivity contribution in [2.24, 2.45) is 0 Å². The zero-order valence-corrected chi connectivity index (χ0v) is 13.0. The first kappa shape index (κ1) is 22.9. The van der Waals surface area contributed by atoms with E-state index in [1.807, 2.05) is 0 Å². The molecule has 0 aliphatic heterocycles. The standard InChI is InChI=1S/2Ca.K.Na/q2*+2;2*+1. The van der Waals surface area contributed by atoms with Crippen molar-refractivity contribution in [3.63, 3.8) is 0 Å². The molecule has 0 atom stereocenters. The molecule has 0 radical (unpaired) electrons. The maximum absolute atomic E-state index is 0. The van der Waals surface area contributed by atoms with Crippen LogP contribution in [0.15, 0.2) is 0 Å². The summed E-state index contributed by atoms with van der Waals surface area (Å²) in [6, 6.07) is 0. The van der Waals surface area contributed by atoms with Crippen LogP contribution in [0.5, 0.6) is 0 Å². The molecule has 0 amide bonds. The Morgan fingerprint density at radius 3 is 0.750 bits per heavy atom. The monoisotopic (exact) mass is 142 g/mol. The quantitative estimate of drug-likeness (QED) is 0.295. The van der Waals surface area contributed by atoms with E-state index in [0.29, 0.717) is 0 Å². The van der Waals surface area contributed by atoms with E-state index in [1.54, 1.807) is 0 Å². The van der Waals surface area contributed by atoms with Crippen LogP contribution in [-0.4, -0.2) is 75.5 Å². The third kappa shape index (κ3) is 10.2. The largest absolute Gasteiger partial charge is 2.00 e.